The van der Waals surface area contributed by atoms with E-state index in [0.717, 1.165) is 18.5 Å². The lowest BCUT2D eigenvalue weighted by Gasteiger charge is -2.16. The van der Waals surface area contributed by atoms with Crippen LogP contribution in [0.25, 0.3) is 0 Å². The lowest BCUT2D eigenvalue weighted by Crippen LogP contribution is -2.30. The molecule has 1 atom stereocenters. The average molecular weight is 258 g/mol. The molecule has 0 saturated heterocycles. The van der Waals surface area contributed by atoms with Gasteiger partial charge in [-0.25, -0.2) is 0 Å². The standard InChI is InChI=1S/C15H22N4/c1-11-15(12(2)19(4)18-11)9-14(16-3)8-13-6-5-7-17-10-13/h5-7,10,14,16H,8-9H2,1-4H3. The van der Waals surface area contributed by atoms with Gasteiger partial charge in [-0.15, -0.1) is 0 Å². The van der Waals surface area contributed by atoms with Crippen molar-refractivity contribution in [1.82, 2.24) is 20.1 Å². The SMILES string of the molecule is CNC(Cc1cccnc1)Cc1c(C)nn(C)c1C. The maximum Gasteiger partial charge on any atom is 0.0628 e. The van der Waals surface area contributed by atoms with Crippen LogP contribution in [-0.4, -0.2) is 27.9 Å². The van der Waals surface area contributed by atoms with E-state index in [-0.39, 0.29) is 0 Å². The first-order chi connectivity index (χ1) is 9.11. The molecule has 1 unspecified atom stereocenters. The Bertz CT molecular complexity index is 531. The smallest absolute Gasteiger partial charge is 0.0628 e. The van der Waals surface area contributed by atoms with Gasteiger partial charge in [-0.1, -0.05) is 6.07 Å². The number of aromatic nitrogens is 3. The Morgan fingerprint density at radius 2 is 2.11 bits per heavy atom. The van der Waals surface area contributed by atoms with Gasteiger partial charge in [0.1, 0.15) is 0 Å². The van der Waals surface area contributed by atoms with E-state index < -0.39 is 0 Å². The van der Waals surface area contributed by atoms with Crippen LogP contribution in [0.1, 0.15) is 22.5 Å². The summed E-state index contributed by atoms with van der Waals surface area (Å²) in [7, 11) is 4.02. The molecule has 0 aromatic carbocycles. The Balaban J connectivity index is 2.11. The number of pyridine rings is 1. The van der Waals surface area contributed by atoms with Crippen molar-refractivity contribution in [3.8, 4) is 0 Å². The Kier molecular flexibility index (Phi) is 4.32. The summed E-state index contributed by atoms with van der Waals surface area (Å²) in [6, 6.07) is 4.52. The summed E-state index contributed by atoms with van der Waals surface area (Å²) in [4.78, 5) is 4.17. The molecule has 2 aromatic rings. The second kappa shape index (κ2) is 5.97. The number of aryl methyl sites for hydroxylation is 2. The summed E-state index contributed by atoms with van der Waals surface area (Å²) in [6.45, 7) is 4.21. The maximum absolute atomic E-state index is 4.48. The first-order valence-corrected chi connectivity index (χ1v) is 6.67. The quantitative estimate of drug-likeness (QED) is 0.889. The van der Waals surface area contributed by atoms with Crippen molar-refractivity contribution in [3.63, 3.8) is 0 Å². The summed E-state index contributed by atoms with van der Waals surface area (Å²) in [5.74, 6) is 0. The van der Waals surface area contributed by atoms with Crippen molar-refractivity contribution < 1.29 is 0 Å². The van der Waals surface area contributed by atoms with Gasteiger partial charge in [0.25, 0.3) is 0 Å². The van der Waals surface area contributed by atoms with Gasteiger partial charge in [0, 0.05) is 31.2 Å². The van der Waals surface area contributed by atoms with Gasteiger partial charge in [-0.2, -0.15) is 5.10 Å². The average Bonchev–Trinajstić information content (AvgIpc) is 2.65. The van der Waals surface area contributed by atoms with Crippen LogP contribution in [0.3, 0.4) is 0 Å². The molecule has 0 aliphatic heterocycles. The summed E-state index contributed by atoms with van der Waals surface area (Å²) in [5, 5.41) is 7.88. The number of nitrogens with zero attached hydrogens (tertiary/aromatic N) is 3. The highest BCUT2D eigenvalue weighted by Crippen LogP contribution is 2.15. The van der Waals surface area contributed by atoms with E-state index in [2.05, 4.69) is 35.3 Å². The Morgan fingerprint density at radius 1 is 1.32 bits per heavy atom. The van der Waals surface area contributed by atoms with Gasteiger partial charge < -0.3 is 5.32 Å². The highest BCUT2D eigenvalue weighted by Gasteiger charge is 2.15. The molecule has 102 valence electrons. The highest BCUT2D eigenvalue weighted by atomic mass is 15.3. The molecule has 0 aliphatic rings. The third-order valence-electron chi connectivity index (χ3n) is 3.72. The zero-order valence-electron chi connectivity index (χ0n) is 12.1. The van der Waals surface area contributed by atoms with Crippen molar-refractivity contribution in [2.24, 2.45) is 7.05 Å². The summed E-state index contributed by atoms with van der Waals surface area (Å²) < 4.78 is 1.96. The van der Waals surface area contributed by atoms with E-state index in [1.165, 1.54) is 16.8 Å². The second-order valence-electron chi connectivity index (χ2n) is 5.03. The molecule has 0 aliphatic carbocycles. The molecular weight excluding hydrogens is 236 g/mol. The van der Waals surface area contributed by atoms with E-state index in [4.69, 9.17) is 0 Å². The molecule has 0 spiro atoms. The number of hydrogen-bond donors (Lipinski definition) is 1. The first kappa shape index (κ1) is 13.7. The molecule has 2 rings (SSSR count). The number of hydrogen-bond acceptors (Lipinski definition) is 3. The van der Waals surface area contributed by atoms with Crippen LogP contribution in [0.15, 0.2) is 24.5 Å². The van der Waals surface area contributed by atoms with Gasteiger partial charge in [-0.3, -0.25) is 9.67 Å². The molecule has 0 fully saturated rings. The third-order valence-corrected chi connectivity index (χ3v) is 3.72. The maximum atomic E-state index is 4.48. The summed E-state index contributed by atoms with van der Waals surface area (Å²) in [6.07, 6.45) is 5.73. The fourth-order valence-electron chi connectivity index (χ4n) is 2.44. The van der Waals surface area contributed by atoms with Gasteiger partial charge in [0.2, 0.25) is 0 Å². The summed E-state index contributed by atoms with van der Waals surface area (Å²) >= 11 is 0. The van der Waals surface area contributed by atoms with Crippen LogP contribution in [0.2, 0.25) is 0 Å². The van der Waals surface area contributed by atoms with Gasteiger partial charge >= 0.3 is 0 Å². The molecular formula is C15H22N4. The molecule has 1 N–H and O–H groups in total. The molecule has 2 aromatic heterocycles. The van der Waals surface area contributed by atoms with Crippen LogP contribution in [-0.2, 0) is 19.9 Å². The summed E-state index contributed by atoms with van der Waals surface area (Å²) in [5.41, 5.74) is 5.00. The monoisotopic (exact) mass is 258 g/mol. The van der Waals surface area contributed by atoms with Gasteiger partial charge in [-0.05, 0) is 50.9 Å². The number of likely N-dealkylation sites (N-methyl/N-ethyl adjacent to an activating group) is 1. The minimum absolute atomic E-state index is 0.408. The third kappa shape index (κ3) is 3.20. The Labute approximate surface area is 114 Å². The van der Waals surface area contributed by atoms with E-state index in [0.29, 0.717) is 6.04 Å². The fraction of sp³-hybridized carbons (Fsp3) is 0.467. The largest absolute Gasteiger partial charge is 0.316 e. The van der Waals surface area contributed by atoms with Crippen molar-refractivity contribution >= 4 is 0 Å². The topological polar surface area (TPSA) is 42.7 Å². The predicted octanol–water partition coefficient (Wildman–Crippen LogP) is 1.81. The zero-order chi connectivity index (χ0) is 13.8. The molecule has 0 bridgehead atoms. The highest BCUT2D eigenvalue weighted by molar-refractivity contribution is 5.26. The minimum atomic E-state index is 0.408. The Hall–Kier alpha value is -1.68. The number of nitrogens with one attached hydrogen (secondary N) is 1. The van der Waals surface area contributed by atoms with E-state index >= 15 is 0 Å². The fourth-order valence-corrected chi connectivity index (χ4v) is 2.44. The van der Waals surface area contributed by atoms with Gasteiger partial charge in [0.15, 0.2) is 0 Å². The second-order valence-corrected chi connectivity index (χ2v) is 5.03. The molecule has 4 heteroatoms. The van der Waals surface area contributed by atoms with Crippen molar-refractivity contribution in [2.45, 2.75) is 32.7 Å². The molecule has 0 radical (unpaired) electrons. The zero-order valence-corrected chi connectivity index (χ0v) is 12.1. The van der Waals surface area contributed by atoms with Crippen LogP contribution < -0.4 is 5.32 Å². The normalized spacial score (nSPS) is 12.6. The number of rotatable bonds is 5. The van der Waals surface area contributed by atoms with Crippen molar-refractivity contribution in [1.29, 1.82) is 0 Å². The van der Waals surface area contributed by atoms with Crippen LogP contribution in [0.4, 0.5) is 0 Å². The predicted molar refractivity (Wildman–Crippen MR) is 77.2 cm³/mol. The molecule has 0 amide bonds. The molecule has 19 heavy (non-hydrogen) atoms. The lowest BCUT2D eigenvalue weighted by atomic mass is 9.99. The van der Waals surface area contributed by atoms with E-state index in [1.54, 1.807) is 0 Å². The van der Waals surface area contributed by atoms with E-state index in [1.807, 2.05) is 37.2 Å². The first-order valence-electron chi connectivity index (χ1n) is 6.67. The van der Waals surface area contributed by atoms with Crippen LogP contribution >= 0.6 is 0 Å². The minimum Gasteiger partial charge on any atom is -0.316 e. The van der Waals surface area contributed by atoms with Crippen molar-refractivity contribution in [2.75, 3.05) is 7.05 Å². The lowest BCUT2D eigenvalue weighted by molar-refractivity contribution is 0.553. The van der Waals surface area contributed by atoms with E-state index in [9.17, 15) is 0 Å². The molecule has 4 nitrogen and oxygen atoms in total. The Morgan fingerprint density at radius 3 is 2.63 bits per heavy atom. The molecule has 0 saturated carbocycles. The van der Waals surface area contributed by atoms with Gasteiger partial charge in [0.05, 0.1) is 5.69 Å². The van der Waals surface area contributed by atoms with Crippen LogP contribution in [0, 0.1) is 13.8 Å². The van der Waals surface area contributed by atoms with Crippen molar-refractivity contribution in [3.05, 3.63) is 47.0 Å². The molecule has 2 heterocycles. The van der Waals surface area contributed by atoms with Crippen LogP contribution in [0.5, 0.6) is 0 Å².